The minimum atomic E-state index is -3.28. The van der Waals surface area contributed by atoms with E-state index in [4.69, 9.17) is 0 Å². The van der Waals surface area contributed by atoms with Gasteiger partial charge in [0.1, 0.15) is 0 Å². The smallest absolute Gasteiger partial charge is 0.232 e. The highest BCUT2D eigenvalue weighted by Gasteiger charge is 2.12. The number of rotatable bonds is 5. The molecule has 0 amide bonds. The molecule has 0 aliphatic carbocycles. The molecule has 2 aromatic rings. The van der Waals surface area contributed by atoms with Crippen LogP contribution in [0, 0.1) is 6.92 Å². The molecular weight excluding hydrogens is 250 g/mol. The zero-order valence-electron chi connectivity index (χ0n) is 10.5. The molecule has 0 bridgehead atoms. The summed E-state index contributed by atoms with van der Waals surface area (Å²) in [5, 5.41) is 0. The van der Waals surface area contributed by atoms with E-state index < -0.39 is 10.0 Å². The molecule has 0 atom stereocenters. The lowest BCUT2D eigenvalue weighted by molar-refractivity contribution is 0.598. The molecular formula is C12H17N3O2S. The van der Waals surface area contributed by atoms with Crippen LogP contribution in [0.3, 0.4) is 0 Å². The third kappa shape index (κ3) is 2.81. The van der Waals surface area contributed by atoms with E-state index in [0.717, 1.165) is 12.1 Å². The molecule has 98 valence electrons. The Morgan fingerprint density at radius 2 is 2.22 bits per heavy atom. The predicted octanol–water partition coefficient (Wildman–Crippen LogP) is 2.18. The van der Waals surface area contributed by atoms with Crippen LogP contribution in [0.2, 0.25) is 0 Å². The van der Waals surface area contributed by atoms with Gasteiger partial charge in [-0.2, -0.15) is 0 Å². The third-order valence-electron chi connectivity index (χ3n) is 2.64. The first-order chi connectivity index (χ1) is 8.52. The Morgan fingerprint density at radius 1 is 1.44 bits per heavy atom. The Kier molecular flexibility index (Phi) is 3.56. The van der Waals surface area contributed by atoms with Crippen LogP contribution in [0.5, 0.6) is 0 Å². The van der Waals surface area contributed by atoms with Crippen LogP contribution in [-0.2, 0) is 10.0 Å². The number of fused-ring (bicyclic) bond motifs is 1. The van der Waals surface area contributed by atoms with Gasteiger partial charge in [-0.15, -0.1) is 0 Å². The molecule has 0 saturated heterocycles. The van der Waals surface area contributed by atoms with Crippen molar-refractivity contribution in [3.05, 3.63) is 30.2 Å². The quantitative estimate of drug-likeness (QED) is 0.903. The number of hydrogen-bond acceptors (Lipinski definition) is 3. The van der Waals surface area contributed by atoms with E-state index in [1.807, 2.05) is 30.6 Å². The number of aromatic nitrogens is 2. The molecule has 0 aliphatic rings. The molecule has 0 saturated carbocycles. The van der Waals surface area contributed by atoms with Gasteiger partial charge in [0.25, 0.3) is 0 Å². The number of unbranched alkanes of at least 4 members (excludes halogenated alkanes) is 1. The van der Waals surface area contributed by atoms with Gasteiger partial charge in [-0.3, -0.25) is 4.72 Å². The number of imidazole rings is 1. The van der Waals surface area contributed by atoms with Crippen molar-refractivity contribution >= 4 is 21.4 Å². The van der Waals surface area contributed by atoms with E-state index >= 15 is 0 Å². The van der Waals surface area contributed by atoms with Gasteiger partial charge in [-0.25, -0.2) is 13.4 Å². The van der Waals surface area contributed by atoms with E-state index in [-0.39, 0.29) is 5.75 Å². The zero-order chi connectivity index (χ0) is 13.2. The van der Waals surface area contributed by atoms with E-state index in [9.17, 15) is 8.42 Å². The summed E-state index contributed by atoms with van der Waals surface area (Å²) < 4.78 is 28.1. The topological polar surface area (TPSA) is 63.5 Å². The molecule has 0 fully saturated rings. The summed E-state index contributed by atoms with van der Waals surface area (Å²) in [4.78, 5) is 4.31. The molecule has 2 aromatic heterocycles. The molecule has 2 heterocycles. The average Bonchev–Trinajstić information content (AvgIpc) is 2.68. The molecule has 5 nitrogen and oxygen atoms in total. The fourth-order valence-corrected chi connectivity index (χ4v) is 3.03. The maximum absolute atomic E-state index is 11.9. The molecule has 6 heteroatoms. The second kappa shape index (κ2) is 4.97. The maximum atomic E-state index is 11.9. The Morgan fingerprint density at radius 3 is 2.94 bits per heavy atom. The molecule has 2 rings (SSSR count). The molecule has 0 aromatic carbocycles. The van der Waals surface area contributed by atoms with Crippen LogP contribution < -0.4 is 4.72 Å². The van der Waals surface area contributed by atoms with Gasteiger partial charge in [-0.05, 0) is 25.5 Å². The van der Waals surface area contributed by atoms with E-state index in [2.05, 4.69) is 9.71 Å². The van der Waals surface area contributed by atoms with Crippen LogP contribution in [0.1, 0.15) is 25.5 Å². The average molecular weight is 267 g/mol. The zero-order valence-corrected chi connectivity index (χ0v) is 11.4. The third-order valence-corrected chi connectivity index (χ3v) is 3.99. The van der Waals surface area contributed by atoms with Gasteiger partial charge < -0.3 is 4.40 Å². The van der Waals surface area contributed by atoms with Crippen LogP contribution in [0.4, 0.5) is 5.69 Å². The van der Waals surface area contributed by atoms with Crippen molar-refractivity contribution in [3.63, 3.8) is 0 Å². The van der Waals surface area contributed by atoms with Gasteiger partial charge in [0, 0.05) is 12.4 Å². The Balaban J connectivity index is 2.31. The molecule has 0 radical (unpaired) electrons. The van der Waals surface area contributed by atoms with Crippen LogP contribution >= 0.6 is 0 Å². The van der Waals surface area contributed by atoms with E-state index in [0.29, 0.717) is 17.8 Å². The first-order valence-electron chi connectivity index (χ1n) is 5.96. The number of pyridine rings is 1. The predicted molar refractivity (Wildman–Crippen MR) is 72.2 cm³/mol. The lowest BCUT2D eigenvalue weighted by Gasteiger charge is -2.08. The number of nitrogens with one attached hydrogen (secondary N) is 1. The van der Waals surface area contributed by atoms with Crippen LogP contribution in [-0.4, -0.2) is 23.6 Å². The van der Waals surface area contributed by atoms with Gasteiger partial charge >= 0.3 is 0 Å². The fourth-order valence-electron chi connectivity index (χ4n) is 1.77. The highest BCUT2D eigenvalue weighted by molar-refractivity contribution is 7.92. The lowest BCUT2D eigenvalue weighted by atomic mass is 10.4. The van der Waals surface area contributed by atoms with Crippen molar-refractivity contribution in [1.82, 2.24) is 9.38 Å². The molecule has 1 N–H and O–H groups in total. The van der Waals surface area contributed by atoms with Gasteiger partial charge in [0.15, 0.2) is 5.65 Å². The summed E-state index contributed by atoms with van der Waals surface area (Å²) in [5.74, 6) is 0.143. The second-order valence-electron chi connectivity index (χ2n) is 4.31. The maximum Gasteiger partial charge on any atom is 0.232 e. The van der Waals surface area contributed by atoms with E-state index in [1.165, 1.54) is 0 Å². The van der Waals surface area contributed by atoms with Crippen LogP contribution in [0.25, 0.3) is 5.65 Å². The standard InChI is InChI=1S/C12H17N3O2S/c1-3-4-8-18(16,17)14-11-6-5-7-15-9-10(2)13-12(11)15/h5-7,9,14H,3-4,8H2,1-2H3. The summed E-state index contributed by atoms with van der Waals surface area (Å²) in [6.07, 6.45) is 5.22. The van der Waals surface area contributed by atoms with Crippen molar-refractivity contribution in [2.75, 3.05) is 10.5 Å². The summed E-state index contributed by atoms with van der Waals surface area (Å²) in [5.41, 5.74) is 2.02. The first-order valence-corrected chi connectivity index (χ1v) is 7.62. The molecule has 0 spiro atoms. The minimum absolute atomic E-state index is 0.143. The Bertz CT molecular complexity index is 646. The molecule has 0 unspecified atom stereocenters. The van der Waals surface area contributed by atoms with Gasteiger partial charge in [-0.1, -0.05) is 13.3 Å². The van der Waals surface area contributed by atoms with E-state index in [1.54, 1.807) is 12.1 Å². The minimum Gasteiger partial charge on any atom is -0.305 e. The van der Waals surface area contributed by atoms with Crippen molar-refractivity contribution in [1.29, 1.82) is 0 Å². The normalized spacial score (nSPS) is 11.9. The number of nitrogens with zero attached hydrogens (tertiary/aromatic N) is 2. The SMILES string of the molecule is CCCCS(=O)(=O)Nc1cccn2cc(C)nc12. The van der Waals surface area contributed by atoms with Gasteiger partial charge in [0.05, 0.1) is 17.1 Å². The number of hydrogen-bond donors (Lipinski definition) is 1. The highest BCUT2D eigenvalue weighted by Crippen LogP contribution is 2.17. The lowest BCUT2D eigenvalue weighted by Crippen LogP contribution is -2.17. The summed E-state index contributed by atoms with van der Waals surface area (Å²) >= 11 is 0. The van der Waals surface area contributed by atoms with Crippen LogP contribution in [0.15, 0.2) is 24.5 Å². The fraction of sp³-hybridized carbons (Fsp3) is 0.417. The Hall–Kier alpha value is -1.56. The highest BCUT2D eigenvalue weighted by atomic mass is 32.2. The van der Waals surface area contributed by atoms with Crippen molar-refractivity contribution in [3.8, 4) is 0 Å². The molecule has 0 aliphatic heterocycles. The summed E-state index contributed by atoms with van der Waals surface area (Å²) in [7, 11) is -3.28. The largest absolute Gasteiger partial charge is 0.305 e. The second-order valence-corrected chi connectivity index (χ2v) is 6.15. The molecule has 18 heavy (non-hydrogen) atoms. The number of sulfonamides is 1. The monoisotopic (exact) mass is 267 g/mol. The summed E-state index contributed by atoms with van der Waals surface area (Å²) in [6, 6.07) is 3.52. The van der Waals surface area contributed by atoms with Crippen molar-refractivity contribution in [2.24, 2.45) is 0 Å². The number of aryl methyl sites for hydroxylation is 1. The Labute approximate surface area is 107 Å². The van der Waals surface area contributed by atoms with Gasteiger partial charge in [0.2, 0.25) is 10.0 Å². The first kappa shape index (κ1) is 12.9. The number of anilines is 1. The summed E-state index contributed by atoms with van der Waals surface area (Å²) in [6.45, 7) is 3.84. The van der Waals surface area contributed by atoms with Crippen molar-refractivity contribution < 1.29 is 8.42 Å². The van der Waals surface area contributed by atoms with Crippen molar-refractivity contribution in [2.45, 2.75) is 26.7 Å².